The first-order chi connectivity index (χ1) is 11.8. The molecule has 0 atom stereocenters. The SMILES string of the molecule is CCCCOCCCNC(=NC)NCc1cccc2cccnc12. The number of hydrogen-bond acceptors (Lipinski definition) is 3. The Kier molecular flexibility index (Phi) is 8.04. The van der Waals surface area contributed by atoms with Gasteiger partial charge in [0.2, 0.25) is 0 Å². The van der Waals surface area contributed by atoms with Gasteiger partial charge in [0.25, 0.3) is 0 Å². The van der Waals surface area contributed by atoms with Crippen molar-refractivity contribution >= 4 is 16.9 Å². The number of nitrogens with one attached hydrogen (secondary N) is 2. The van der Waals surface area contributed by atoms with Crippen molar-refractivity contribution < 1.29 is 4.74 Å². The average molecular weight is 328 g/mol. The van der Waals surface area contributed by atoms with Crippen LogP contribution in [0.25, 0.3) is 10.9 Å². The summed E-state index contributed by atoms with van der Waals surface area (Å²) < 4.78 is 5.56. The number of fused-ring (bicyclic) bond motifs is 1. The van der Waals surface area contributed by atoms with Crippen LogP contribution in [0.2, 0.25) is 0 Å². The first-order valence-electron chi connectivity index (χ1n) is 8.70. The minimum absolute atomic E-state index is 0.695. The molecule has 0 amide bonds. The van der Waals surface area contributed by atoms with Gasteiger partial charge in [-0.05, 0) is 24.5 Å². The molecular formula is C19H28N4O. The molecule has 0 bridgehead atoms. The monoisotopic (exact) mass is 328 g/mol. The van der Waals surface area contributed by atoms with E-state index in [9.17, 15) is 0 Å². The van der Waals surface area contributed by atoms with E-state index in [0.29, 0.717) is 6.54 Å². The first kappa shape index (κ1) is 18.2. The zero-order valence-electron chi connectivity index (χ0n) is 14.7. The zero-order chi connectivity index (χ0) is 17.0. The summed E-state index contributed by atoms with van der Waals surface area (Å²) >= 11 is 0. The summed E-state index contributed by atoms with van der Waals surface area (Å²) in [7, 11) is 1.79. The zero-order valence-corrected chi connectivity index (χ0v) is 14.7. The number of unbranched alkanes of at least 4 members (excludes halogenated alkanes) is 1. The molecule has 0 fully saturated rings. The predicted octanol–water partition coefficient (Wildman–Crippen LogP) is 3.11. The number of aromatic nitrogens is 1. The molecule has 0 aliphatic heterocycles. The number of benzene rings is 1. The lowest BCUT2D eigenvalue weighted by Crippen LogP contribution is -2.37. The van der Waals surface area contributed by atoms with E-state index in [2.05, 4.69) is 51.8 Å². The van der Waals surface area contributed by atoms with Crippen LogP contribution in [-0.4, -0.2) is 37.7 Å². The highest BCUT2D eigenvalue weighted by molar-refractivity contribution is 5.83. The molecule has 24 heavy (non-hydrogen) atoms. The molecule has 0 saturated heterocycles. The van der Waals surface area contributed by atoms with Gasteiger partial charge in [0.1, 0.15) is 0 Å². The lowest BCUT2D eigenvalue weighted by molar-refractivity contribution is 0.129. The third-order valence-corrected chi connectivity index (χ3v) is 3.79. The molecule has 0 spiro atoms. The number of para-hydroxylation sites is 1. The van der Waals surface area contributed by atoms with Gasteiger partial charge >= 0.3 is 0 Å². The number of pyridine rings is 1. The molecule has 2 N–H and O–H groups in total. The fourth-order valence-electron chi connectivity index (χ4n) is 2.44. The summed E-state index contributed by atoms with van der Waals surface area (Å²) in [6.45, 7) is 5.36. The Labute approximate surface area is 144 Å². The van der Waals surface area contributed by atoms with E-state index in [1.165, 1.54) is 12.0 Å². The molecule has 1 aromatic heterocycles. The third kappa shape index (κ3) is 5.81. The summed E-state index contributed by atoms with van der Waals surface area (Å²) in [6.07, 6.45) is 5.12. The van der Waals surface area contributed by atoms with E-state index in [1.54, 1.807) is 7.05 Å². The Morgan fingerprint density at radius 2 is 1.96 bits per heavy atom. The van der Waals surface area contributed by atoms with E-state index < -0.39 is 0 Å². The van der Waals surface area contributed by atoms with Gasteiger partial charge in [-0.1, -0.05) is 37.6 Å². The van der Waals surface area contributed by atoms with Crippen molar-refractivity contribution in [3.05, 3.63) is 42.1 Å². The van der Waals surface area contributed by atoms with Crippen LogP contribution in [0.15, 0.2) is 41.5 Å². The van der Waals surface area contributed by atoms with Crippen molar-refractivity contribution in [1.82, 2.24) is 15.6 Å². The molecule has 1 aromatic carbocycles. The lowest BCUT2D eigenvalue weighted by atomic mass is 10.1. The van der Waals surface area contributed by atoms with Gasteiger partial charge in [-0.3, -0.25) is 9.98 Å². The van der Waals surface area contributed by atoms with E-state index in [4.69, 9.17) is 4.74 Å². The highest BCUT2D eigenvalue weighted by atomic mass is 16.5. The number of rotatable bonds is 9. The summed E-state index contributed by atoms with van der Waals surface area (Å²) in [6, 6.07) is 10.3. The summed E-state index contributed by atoms with van der Waals surface area (Å²) in [5, 5.41) is 7.82. The molecule has 1 heterocycles. The summed E-state index contributed by atoms with van der Waals surface area (Å²) in [5.74, 6) is 0.802. The van der Waals surface area contributed by atoms with Crippen LogP contribution in [0.4, 0.5) is 0 Å². The molecule has 0 saturated carbocycles. The maximum absolute atomic E-state index is 5.56. The summed E-state index contributed by atoms with van der Waals surface area (Å²) in [4.78, 5) is 8.74. The molecule has 5 nitrogen and oxygen atoms in total. The number of ether oxygens (including phenoxy) is 1. The Balaban J connectivity index is 1.75. The van der Waals surface area contributed by atoms with Gasteiger partial charge < -0.3 is 15.4 Å². The van der Waals surface area contributed by atoms with Crippen LogP contribution < -0.4 is 10.6 Å². The van der Waals surface area contributed by atoms with Crippen LogP contribution in [0.3, 0.4) is 0 Å². The molecule has 5 heteroatoms. The standard InChI is InChI=1S/C19H28N4O/c1-3-4-13-24-14-7-12-22-19(20-2)23-15-17-9-5-8-16-10-6-11-21-18(16)17/h5-6,8-11H,3-4,7,12-15H2,1-2H3,(H2,20,22,23). The van der Waals surface area contributed by atoms with Crippen molar-refractivity contribution in [2.45, 2.75) is 32.7 Å². The Morgan fingerprint density at radius 1 is 1.12 bits per heavy atom. The minimum Gasteiger partial charge on any atom is -0.381 e. The molecule has 130 valence electrons. The van der Waals surface area contributed by atoms with Crippen molar-refractivity contribution in [2.24, 2.45) is 4.99 Å². The number of guanidine groups is 1. The molecule has 0 aliphatic carbocycles. The van der Waals surface area contributed by atoms with Gasteiger partial charge in [0.05, 0.1) is 5.52 Å². The van der Waals surface area contributed by atoms with Gasteiger partial charge in [-0.15, -0.1) is 0 Å². The number of nitrogens with zero attached hydrogens (tertiary/aromatic N) is 2. The summed E-state index contributed by atoms with van der Waals surface area (Å²) in [5.41, 5.74) is 2.20. The Bertz CT molecular complexity index is 637. The fraction of sp³-hybridized carbons (Fsp3) is 0.474. The van der Waals surface area contributed by atoms with Crippen molar-refractivity contribution in [2.75, 3.05) is 26.8 Å². The van der Waals surface area contributed by atoms with Crippen LogP contribution in [0.5, 0.6) is 0 Å². The smallest absolute Gasteiger partial charge is 0.191 e. The maximum Gasteiger partial charge on any atom is 0.191 e. The average Bonchev–Trinajstić information content (AvgIpc) is 2.63. The van der Waals surface area contributed by atoms with E-state index in [0.717, 1.165) is 49.5 Å². The van der Waals surface area contributed by atoms with Crippen LogP contribution in [-0.2, 0) is 11.3 Å². The Hall–Kier alpha value is -2.14. The Morgan fingerprint density at radius 3 is 2.79 bits per heavy atom. The number of aliphatic imine (C=N–C) groups is 1. The normalized spacial score (nSPS) is 11.7. The van der Waals surface area contributed by atoms with Crippen LogP contribution >= 0.6 is 0 Å². The quantitative estimate of drug-likeness (QED) is 0.422. The largest absolute Gasteiger partial charge is 0.381 e. The lowest BCUT2D eigenvalue weighted by Gasteiger charge is -2.13. The van der Waals surface area contributed by atoms with E-state index in [1.807, 2.05) is 12.3 Å². The second kappa shape index (κ2) is 10.6. The van der Waals surface area contributed by atoms with E-state index >= 15 is 0 Å². The van der Waals surface area contributed by atoms with Crippen molar-refractivity contribution in [3.63, 3.8) is 0 Å². The second-order valence-electron chi connectivity index (χ2n) is 5.66. The second-order valence-corrected chi connectivity index (χ2v) is 5.66. The topological polar surface area (TPSA) is 58.5 Å². The maximum atomic E-state index is 5.56. The molecule has 2 rings (SSSR count). The number of hydrogen-bond donors (Lipinski definition) is 2. The van der Waals surface area contributed by atoms with Crippen LogP contribution in [0.1, 0.15) is 31.7 Å². The van der Waals surface area contributed by atoms with Crippen molar-refractivity contribution in [3.8, 4) is 0 Å². The van der Waals surface area contributed by atoms with Gasteiger partial charge in [-0.25, -0.2) is 0 Å². The molecular weight excluding hydrogens is 300 g/mol. The van der Waals surface area contributed by atoms with E-state index in [-0.39, 0.29) is 0 Å². The first-order valence-corrected chi connectivity index (χ1v) is 8.70. The predicted molar refractivity (Wildman–Crippen MR) is 100 cm³/mol. The van der Waals surface area contributed by atoms with Gasteiger partial charge in [0.15, 0.2) is 5.96 Å². The third-order valence-electron chi connectivity index (χ3n) is 3.79. The van der Waals surface area contributed by atoms with Gasteiger partial charge in [-0.2, -0.15) is 0 Å². The highest BCUT2D eigenvalue weighted by Gasteiger charge is 2.03. The molecule has 0 unspecified atom stereocenters. The molecule has 0 aliphatic rings. The highest BCUT2D eigenvalue weighted by Crippen LogP contribution is 2.15. The minimum atomic E-state index is 0.695. The van der Waals surface area contributed by atoms with Crippen LogP contribution in [0, 0.1) is 0 Å². The molecule has 0 radical (unpaired) electrons. The van der Waals surface area contributed by atoms with Gasteiger partial charge in [0, 0.05) is 44.9 Å². The van der Waals surface area contributed by atoms with Crippen molar-refractivity contribution in [1.29, 1.82) is 0 Å². The fourth-order valence-corrected chi connectivity index (χ4v) is 2.44. The molecule has 2 aromatic rings.